The number of aliphatic hydroxyl groups excluding tert-OH is 1. The van der Waals surface area contributed by atoms with Crippen molar-refractivity contribution in [2.75, 3.05) is 6.54 Å². The van der Waals surface area contributed by atoms with Crippen LogP contribution in [-0.2, 0) is 0 Å². The highest BCUT2D eigenvalue weighted by Gasteiger charge is 2.17. The van der Waals surface area contributed by atoms with Gasteiger partial charge >= 0.3 is 0 Å². The summed E-state index contributed by atoms with van der Waals surface area (Å²) in [4.78, 5) is 0. The fraction of sp³-hybridized carbons (Fsp3) is 1.00. The summed E-state index contributed by atoms with van der Waals surface area (Å²) in [7, 11) is 0. The predicted molar refractivity (Wildman–Crippen MR) is 187 cm³/mol. The first-order valence-electron chi connectivity index (χ1n) is 19.6. The van der Waals surface area contributed by atoms with E-state index in [0.29, 0.717) is 12.5 Å². The van der Waals surface area contributed by atoms with Crippen LogP contribution in [0.4, 0.5) is 0 Å². The minimum atomic E-state index is -0.289. The van der Waals surface area contributed by atoms with Crippen molar-refractivity contribution in [2.24, 2.45) is 11.7 Å². The molecule has 0 aliphatic heterocycles. The van der Waals surface area contributed by atoms with Gasteiger partial charge in [0.25, 0.3) is 0 Å². The third-order valence-corrected chi connectivity index (χ3v) is 9.64. The number of nitrogens with two attached hydrogens (primary N) is 1. The smallest absolute Gasteiger partial charge is 0.0690 e. The van der Waals surface area contributed by atoms with Gasteiger partial charge in [-0.3, -0.25) is 0 Å². The minimum absolute atomic E-state index is 0.289. The molecule has 248 valence electrons. The Morgan fingerprint density at radius 2 is 0.537 bits per heavy atom. The van der Waals surface area contributed by atoms with Gasteiger partial charge in [0.1, 0.15) is 0 Å². The summed E-state index contributed by atoms with van der Waals surface area (Å²) in [5.74, 6) is 0.429. The van der Waals surface area contributed by atoms with E-state index in [0.717, 1.165) is 0 Å². The van der Waals surface area contributed by atoms with Crippen molar-refractivity contribution in [3.63, 3.8) is 0 Å². The summed E-state index contributed by atoms with van der Waals surface area (Å²) in [6.07, 6.45) is 47.4. The maximum atomic E-state index is 10.4. The zero-order chi connectivity index (χ0) is 29.9. The molecular formula is C39H81NO. The van der Waals surface area contributed by atoms with Gasteiger partial charge in [-0.25, -0.2) is 0 Å². The van der Waals surface area contributed by atoms with Crippen LogP contribution in [-0.4, -0.2) is 17.8 Å². The van der Waals surface area contributed by atoms with Crippen molar-refractivity contribution in [1.29, 1.82) is 0 Å². The topological polar surface area (TPSA) is 46.2 Å². The van der Waals surface area contributed by atoms with Crippen molar-refractivity contribution in [3.8, 4) is 0 Å². The molecule has 0 amide bonds. The van der Waals surface area contributed by atoms with Gasteiger partial charge in [-0.2, -0.15) is 0 Å². The summed E-state index contributed by atoms with van der Waals surface area (Å²) in [5.41, 5.74) is 5.85. The van der Waals surface area contributed by atoms with Crippen LogP contribution in [0.1, 0.15) is 232 Å². The van der Waals surface area contributed by atoms with Crippen LogP contribution < -0.4 is 5.73 Å². The third kappa shape index (κ3) is 32.7. The number of aliphatic hydroxyl groups is 1. The van der Waals surface area contributed by atoms with Crippen molar-refractivity contribution in [1.82, 2.24) is 0 Å². The first-order chi connectivity index (χ1) is 20.3. The molecular weight excluding hydrogens is 498 g/mol. The molecule has 0 aromatic carbocycles. The average Bonchev–Trinajstić information content (AvgIpc) is 2.99. The molecule has 1 atom stereocenters. The molecule has 0 heterocycles. The normalized spacial score (nSPS) is 12.5. The van der Waals surface area contributed by atoms with E-state index < -0.39 is 0 Å². The molecule has 0 aliphatic carbocycles. The average molecular weight is 580 g/mol. The van der Waals surface area contributed by atoms with E-state index in [1.165, 1.54) is 218 Å². The van der Waals surface area contributed by atoms with Gasteiger partial charge in [-0.05, 0) is 18.8 Å². The Morgan fingerprint density at radius 1 is 0.341 bits per heavy atom. The lowest BCUT2D eigenvalue weighted by atomic mass is 9.89. The Bertz CT molecular complexity index is 417. The second-order valence-corrected chi connectivity index (χ2v) is 13.7. The monoisotopic (exact) mass is 580 g/mol. The van der Waals surface area contributed by atoms with Crippen LogP contribution in [0, 0.1) is 5.92 Å². The summed E-state index contributed by atoms with van der Waals surface area (Å²) in [5, 5.41) is 10.4. The molecule has 0 fully saturated rings. The van der Waals surface area contributed by atoms with Crippen LogP contribution in [0.2, 0.25) is 0 Å². The van der Waals surface area contributed by atoms with E-state index in [1.54, 1.807) is 0 Å². The Balaban J connectivity index is 3.47. The summed E-state index contributed by atoms with van der Waals surface area (Å²) in [6, 6.07) is 0. The Labute approximate surface area is 261 Å². The van der Waals surface area contributed by atoms with Gasteiger partial charge in [-0.15, -0.1) is 0 Å². The number of unbranched alkanes of at least 4 members (excludes halogenated alkanes) is 30. The Morgan fingerprint density at radius 3 is 0.732 bits per heavy atom. The van der Waals surface area contributed by atoms with Crippen LogP contribution in [0.5, 0.6) is 0 Å². The molecule has 2 nitrogen and oxygen atoms in total. The van der Waals surface area contributed by atoms with Crippen LogP contribution in [0.15, 0.2) is 0 Å². The highest BCUT2D eigenvalue weighted by atomic mass is 16.3. The second kappa shape index (κ2) is 36.1. The molecule has 3 N–H and O–H groups in total. The largest absolute Gasteiger partial charge is 0.392 e. The van der Waals surface area contributed by atoms with Gasteiger partial charge in [0, 0.05) is 6.54 Å². The van der Waals surface area contributed by atoms with Crippen LogP contribution in [0.25, 0.3) is 0 Å². The first-order valence-corrected chi connectivity index (χ1v) is 19.6. The molecule has 0 rings (SSSR count). The highest BCUT2D eigenvalue weighted by molar-refractivity contribution is 4.70. The van der Waals surface area contributed by atoms with Crippen molar-refractivity contribution >= 4 is 0 Å². The number of hydrogen-bond donors (Lipinski definition) is 2. The quantitative estimate of drug-likeness (QED) is 0.0725. The van der Waals surface area contributed by atoms with E-state index in [-0.39, 0.29) is 6.10 Å². The molecule has 0 saturated carbocycles. The summed E-state index contributed by atoms with van der Waals surface area (Å²) >= 11 is 0. The number of rotatable bonds is 36. The third-order valence-electron chi connectivity index (χ3n) is 9.64. The van der Waals surface area contributed by atoms with E-state index in [4.69, 9.17) is 5.73 Å². The molecule has 0 saturated heterocycles. The van der Waals surface area contributed by atoms with Crippen molar-refractivity contribution < 1.29 is 5.11 Å². The van der Waals surface area contributed by atoms with Gasteiger partial charge in [0.05, 0.1) is 6.10 Å². The minimum Gasteiger partial charge on any atom is -0.392 e. The molecule has 0 aromatic rings. The predicted octanol–water partition coefficient (Wildman–Crippen LogP) is 13.2. The SMILES string of the molecule is CCCCCCCCCCCCCCCCCCC(CCCCCCCCCCCCCCCCCC)C(O)CN. The lowest BCUT2D eigenvalue weighted by molar-refractivity contribution is 0.101. The van der Waals surface area contributed by atoms with Gasteiger partial charge in [-0.1, -0.05) is 219 Å². The fourth-order valence-corrected chi connectivity index (χ4v) is 6.63. The molecule has 0 bridgehead atoms. The molecule has 0 radical (unpaired) electrons. The van der Waals surface area contributed by atoms with Gasteiger partial charge in [0.15, 0.2) is 0 Å². The second-order valence-electron chi connectivity index (χ2n) is 13.7. The fourth-order valence-electron chi connectivity index (χ4n) is 6.63. The molecule has 2 heteroatoms. The van der Waals surface area contributed by atoms with Gasteiger partial charge in [0.2, 0.25) is 0 Å². The molecule has 41 heavy (non-hydrogen) atoms. The highest BCUT2D eigenvalue weighted by Crippen LogP contribution is 2.23. The Hall–Kier alpha value is -0.0800. The zero-order valence-electron chi connectivity index (χ0n) is 28.9. The lowest BCUT2D eigenvalue weighted by Crippen LogP contribution is -2.29. The lowest BCUT2D eigenvalue weighted by Gasteiger charge is -2.22. The first kappa shape index (κ1) is 40.9. The van der Waals surface area contributed by atoms with E-state index in [9.17, 15) is 5.11 Å². The summed E-state index contributed by atoms with van der Waals surface area (Å²) in [6.45, 7) is 5.03. The number of hydrogen-bond acceptors (Lipinski definition) is 2. The molecule has 0 aromatic heterocycles. The van der Waals surface area contributed by atoms with E-state index in [1.807, 2.05) is 0 Å². The van der Waals surface area contributed by atoms with Crippen molar-refractivity contribution in [2.45, 2.75) is 238 Å². The zero-order valence-corrected chi connectivity index (χ0v) is 28.9. The van der Waals surface area contributed by atoms with Crippen LogP contribution in [0.3, 0.4) is 0 Å². The molecule has 1 unspecified atom stereocenters. The van der Waals surface area contributed by atoms with E-state index in [2.05, 4.69) is 13.8 Å². The van der Waals surface area contributed by atoms with Crippen LogP contribution >= 0.6 is 0 Å². The van der Waals surface area contributed by atoms with Gasteiger partial charge < -0.3 is 10.8 Å². The molecule has 0 aliphatic rings. The standard InChI is InChI=1S/C39H81NO/c1-3-5-7-9-11-13-15-17-19-21-23-25-27-29-31-33-35-38(39(41)37-40)36-34-32-30-28-26-24-22-20-18-16-14-12-10-8-6-4-2/h38-39,41H,3-37,40H2,1-2H3. The van der Waals surface area contributed by atoms with E-state index >= 15 is 0 Å². The maximum absolute atomic E-state index is 10.4. The van der Waals surface area contributed by atoms with Crippen molar-refractivity contribution in [3.05, 3.63) is 0 Å². The summed E-state index contributed by atoms with van der Waals surface area (Å²) < 4.78 is 0. The Kier molecular flexibility index (Phi) is 36.0. The maximum Gasteiger partial charge on any atom is 0.0690 e. The molecule has 0 spiro atoms.